The quantitative estimate of drug-likeness (QED) is 0.404. The summed E-state index contributed by atoms with van der Waals surface area (Å²) in [6.07, 6.45) is 0. The van der Waals surface area contributed by atoms with Gasteiger partial charge in [-0.05, 0) is 24.3 Å². The molecule has 0 spiro atoms. The van der Waals surface area contributed by atoms with Gasteiger partial charge in [0.2, 0.25) is 0 Å². The molecule has 6 nitrogen and oxygen atoms in total. The minimum atomic E-state index is -0.779. The number of methoxy groups -OCH3 is 2. The van der Waals surface area contributed by atoms with E-state index in [2.05, 4.69) is 0 Å². The zero-order valence-corrected chi connectivity index (χ0v) is 17.7. The lowest BCUT2D eigenvalue weighted by atomic mass is 10.2. The van der Waals surface area contributed by atoms with Crippen LogP contribution in [0.5, 0.6) is 11.5 Å². The van der Waals surface area contributed by atoms with E-state index in [9.17, 15) is 9.59 Å². The molecule has 28 heavy (non-hydrogen) atoms. The lowest BCUT2D eigenvalue weighted by Crippen LogP contribution is -2.16. The molecule has 0 bridgehead atoms. The molecule has 150 valence electrons. The molecule has 0 radical (unpaired) electrons. The van der Waals surface area contributed by atoms with Gasteiger partial charge in [0.15, 0.2) is 11.5 Å². The van der Waals surface area contributed by atoms with Crippen LogP contribution in [0.25, 0.3) is 0 Å². The Hall–Kier alpha value is -1.86. The molecule has 2 rings (SSSR count). The van der Waals surface area contributed by atoms with E-state index in [1.54, 1.807) is 0 Å². The Kier molecular flexibility index (Phi) is 8.07. The fourth-order valence-electron chi connectivity index (χ4n) is 2.26. The topological polar surface area (TPSA) is 71.1 Å². The molecule has 0 heterocycles. The van der Waals surface area contributed by atoms with Crippen molar-refractivity contribution in [2.45, 2.75) is 0 Å². The maximum atomic E-state index is 12.3. The van der Waals surface area contributed by atoms with Gasteiger partial charge < -0.3 is 18.9 Å². The van der Waals surface area contributed by atoms with E-state index >= 15 is 0 Å². The van der Waals surface area contributed by atoms with Gasteiger partial charge in [-0.15, -0.1) is 0 Å². The Labute approximate surface area is 181 Å². The Morgan fingerprint density at radius 2 is 1.00 bits per heavy atom. The summed E-state index contributed by atoms with van der Waals surface area (Å²) in [4.78, 5) is 24.5. The third kappa shape index (κ3) is 4.94. The van der Waals surface area contributed by atoms with Crippen molar-refractivity contribution in [1.82, 2.24) is 0 Å². The summed E-state index contributed by atoms with van der Waals surface area (Å²) in [7, 11) is 2.69. The van der Waals surface area contributed by atoms with Gasteiger partial charge in [0, 0.05) is 0 Å². The molecule has 0 N–H and O–H groups in total. The van der Waals surface area contributed by atoms with Crippen molar-refractivity contribution in [3.8, 4) is 11.5 Å². The molecule has 0 amide bonds. The van der Waals surface area contributed by atoms with Crippen LogP contribution in [0.1, 0.15) is 20.7 Å². The van der Waals surface area contributed by atoms with Gasteiger partial charge in [0.1, 0.15) is 24.3 Å². The lowest BCUT2D eigenvalue weighted by Gasteiger charge is -2.13. The highest BCUT2D eigenvalue weighted by molar-refractivity contribution is 6.37. The Morgan fingerprint density at radius 3 is 1.32 bits per heavy atom. The molecule has 2 aromatic rings. The normalized spacial score (nSPS) is 10.4. The van der Waals surface area contributed by atoms with Crippen molar-refractivity contribution in [2.75, 3.05) is 27.4 Å². The molecule has 0 saturated carbocycles. The molecular weight excluding hydrogens is 454 g/mol. The first-order chi connectivity index (χ1) is 13.3. The van der Waals surface area contributed by atoms with Crippen molar-refractivity contribution >= 4 is 58.3 Å². The van der Waals surface area contributed by atoms with Crippen molar-refractivity contribution in [3.05, 3.63) is 55.5 Å². The first-order valence-electron chi connectivity index (χ1n) is 7.70. The highest BCUT2D eigenvalue weighted by Gasteiger charge is 2.23. The third-order valence-corrected chi connectivity index (χ3v) is 4.71. The average Bonchev–Trinajstić information content (AvgIpc) is 2.67. The van der Waals surface area contributed by atoms with Gasteiger partial charge in [-0.3, -0.25) is 0 Å². The first kappa shape index (κ1) is 22.4. The molecule has 0 fully saturated rings. The SMILES string of the molecule is COc1c(Cl)ccc(Cl)c1C(=O)OCCOC(=O)c1c(Cl)ccc(Cl)c1OC. The second-order valence-corrected chi connectivity index (χ2v) is 6.78. The monoisotopic (exact) mass is 466 g/mol. The van der Waals surface area contributed by atoms with Crippen LogP contribution in [0.4, 0.5) is 0 Å². The molecule has 2 aromatic carbocycles. The largest absolute Gasteiger partial charge is 0.494 e. The van der Waals surface area contributed by atoms with Crippen molar-refractivity contribution in [1.29, 1.82) is 0 Å². The smallest absolute Gasteiger partial charge is 0.343 e. The number of benzene rings is 2. The third-order valence-electron chi connectivity index (χ3n) is 3.48. The van der Waals surface area contributed by atoms with E-state index in [1.807, 2.05) is 0 Å². The van der Waals surface area contributed by atoms with Crippen molar-refractivity contribution in [3.63, 3.8) is 0 Å². The molecular formula is C18H14Cl4O6. The lowest BCUT2D eigenvalue weighted by molar-refractivity contribution is 0.0262. The van der Waals surface area contributed by atoms with E-state index < -0.39 is 11.9 Å². The standard InChI is InChI=1S/C18H14Cl4O6/c1-25-15-11(21)5-3-9(19)13(15)17(23)27-7-8-28-18(24)14-10(20)4-6-12(22)16(14)26-2/h3-6H,7-8H2,1-2H3. The van der Waals surface area contributed by atoms with Gasteiger partial charge in [-0.25, -0.2) is 9.59 Å². The van der Waals surface area contributed by atoms with Gasteiger partial charge in [0.25, 0.3) is 0 Å². The summed E-state index contributed by atoms with van der Waals surface area (Å²) in [5.74, 6) is -1.38. The minimum Gasteiger partial charge on any atom is -0.494 e. The summed E-state index contributed by atoms with van der Waals surface area (Å²) in [6, 6.07) is 5.86. The van der Waals surface area contributed by atoms with E-state index in [-0.39, 0.29) is 55.9 Å². The van der Waals surface area contributed by atoms with Crippen LogP contribution < -0.4 is 9.47 Å². The van der Waals surface area contributed by atoms with Crippen LogP contribution in [-0.4, -0.2) is 39.4 Å². The number of hydrogen-bond acceptors (Lipinski definition) is 6. The van der Waals surface area contributed by atoms with Crippen molar-refractivity contribution in [2.24, 2.45) is 0 Å². The molecule has 0 aliphatic rings. The predicted octanol–water partition coefficient (Wildman–Crippen LogP) is 5.33. The summed E-state index contributed by atoms with van der Waals surface area (Å²) in [5, 5.41) is 0.623. The molecule has 0 aliphatic heterocycles. The van der Waals surface area contributed by atoms with E-state index in [0.717, 1.165) is 0 Å². The van der Waals surface area contributed by atoms with Gasteiger partial charge in [0.05, 0.1) is 34.3 Å². The molecule has 10 heteroatoms. The van der Waals surface area contributed by atoms with E-state index in [4.69, 9.17) is 65.4 Å². The fraction of sp³-hybridized carbons (Fsp3) is 0.222. The summed E-state index contributed by atoms with van der Waals surface area (Å²) in [6.45, 7) is -0.478. The number of halogens is 4. The molecule has 0 aliphatic carbocycles. The van der Waals surface area contributed by atoms with Gasteiger partial charge in [-0.1, -0.05) is 46.4 Å². The Balaban J connectivity index is 2.01. The zero-order chi connectivity index (χ0) is 20.8. The minimum absolute atomic E-state index is 0.0254. The second kappa shape index (κ2) is 10.1. The number of carbonyl (C=O) groups excluding carboxylic acids is 2. The number of carbonyl (C=O) groups is 2. The van der Waals surface area contributed by atoms with Gasteiger partial charge >= 0.3 is 11.9 Å². The number of esters is 2. The zero-order valence-electron chi connectivity index (χ0n) is 14.7. The van der Waals surface area contributed by atoms with Gasteiger partial charge in [-0.2, -0.15) is 0 Å². The number of ether oxygens (including phenoxy) is 4. The highest BCUT2D eigenvalue weighted by Crippen LogP contribution is 2.35. The summed E-state index contributed by atoms with van der Waals surface area (Å²) < 4.78 is 20.3. The highest BCUT2D eigenvalue weighted by atomic mass is 35.5. The second-order valence-electron chi connectivity index (χ2n) is 5.15. The van der Waals surface area contributed by atoms with Crippen LogP contribution in [0.15, 0.2) is 24.3 Å². The Morgan fingerprint density at radius 1 is 0.679 bits per heavy atom. The van der Waals surface area contributed by atoms with Crippen LogP contribution in [0, 0.1) is 0 Å². The maximum Gasteiger partial charge on any atom is 0.343 e. The number of rotatable bonds is 7. The molecule has 0 atom stereocenters. The molecule has 0 unspecified atom stereocenters. The maximum absolute atomic E-state index is 12.3. The summed E-state index contributed by atoms with van der Waals surface area (Å²) >= 11 is 24.0. The van der Waals surface area contributed by atoms with Crippen LogP contribution in [-0.2, 0) is 9.47 Å². The fourth-order valence-corrected chi connectivity index (χ4v) is 3.18. The van der Waals surface area contributed by atoms with E-state index in [1.165, 1.54) is 38.5 Å². The number of hydrogen-bond donors (Lipinski definition) is 0. The Bertz CT molecular complexity index is 827. The van der Waals surface area contributed by atoms with Crippen molar-refractivity contribution < 1.29 is 28.5 Å². The first-order valence-corrected chi connectivity index (χ1v) is 9.21. The van der Waals surface area contributed by atoms with Crippen LogP contribution in [0.2, 0.25) is 20.1 Å². The van der Waals surface area contributed by atoms with Crippen LogP contribution >= 0.6 is 46.4 Å². The molecule has 0 saturated heterocycles. The van der Waals surface area contributed by atoms with Crippen LogP contribution in [0.3, 0.4) is 0 Å². The molecule has 0 aromatic heterocycles. The average molecular weight is 468 g/mol. The summed E-state index contributed by atoms with van der Waals surface area (Å²) in [5.41, 5.74) is -0.0508. The predicted molar refractivity (Wildman–Crippen MR) is 107 cm³/mol. The van der Waals surface area contributed by atoms with E-state index in [0.29, 0.717) is 0 Å².